The Bertz CT molecular complexity index is 577. The van der Waals surface area contributed by atoms with E-state index in [0.717, 1.165) is 16.5 Å². The van der Waals surface area contributed by atoms with Gasteiger partial charge in [0.2, 0.25) is 0 Å². The number of aliphatic carboxylic acids is 1. The minimum atomic E-state index is -0.906. The number of hydrogen-bond donors (Lipinski definition) is 2. The van der Waals surface area contributed by atoms with E-state index < -0.39 is 12.0 Å². The van der Waals surface area contributed by atoms with Gasteiger partial charge in [0.25, 0.3) is 0 Å². The minimum absolute atomic E-state index is 0.0873. The van der Waals surface area contributed by atoms with Crippen molar-refractivity contribution in [3.05, 3.63) is 35.0 Å². The first-order valence-electron chi connectivity index (χ1n) is 5.21. The molecule has 90 valence electrons. The van der Waals surface area contributed by atoms with Gasteiger partial charge in [-0.3, -0.25) is 4.79 Å². The van der Waals surface area contributed by atoms with Gasteiger partial charge in [0.05, 0.1) is 11.4 Å². The van der Waals surface area contributed by atoms with Gasteiger partial charge in [0, 0.05) is 30.2 Å². The lowest BCUT2D eigenvalue weighted by molar-refractivity contribution is -0.137. The number of benzene rings is 1. The Labute approximate surface area is 104 Å². The summed E-state index contributed by atoms with van der Waals surface area (Å²) in [5.74, 6) is -0.906. The molecule has 1 aromatic carbocycles. The molecule has 17 heavy (non-hydrogen) atoms. The number of carboxylic acid groups (broad SMARTS) is 1. The second-order valence-corrected chi connectivity index (χ2v) is 4.48. The Morgan fingerprint density at radius 2 is 2.29 bits per heavy atom. The molecular weight excluding hydrogens is 240 g/mol. The monoisotopic (exact) mass is 252 g/mol. The first-order chi connectivity index (χ1) is 7.99. The molecule has 5 heteroatoms. The third-order valence-electron chi connectivity index (χ3n) is 2.79. The topological polar surface area (TPSA) is 68.2 Å². The molecule has 0 aliphatic rings. The van der Waals surface area contributed by atoms with Crippen molar-refractivity contribution in [1.82, 2.24) is 4.57 Å². The molecule has 1 atom stereocenters. The van der Waals surface area contributed by atoms with Gasteiger partial charge in [0.1, 0.15) is 0 Å². The van der Waals surface area contributed by atoms with Gasteiger partial charge >= 0.3 is 5.97 Å². The number of nitrogens with two attached hydrogens (primary N) is 1. The first-order valence-corrected chi connectivity index (χ1v) is 5.58. The van der Waals surface area contributed by atoms with E-state index in [1.807, 2.05) is 36.0 Å². The van der Waals surface area contributed by atoms with Crippen LogP contribution in [0.2, 0.25) is 5.02 Å². The lowest BCUT2D eigenvalue weighted by Gasteiger charge is -2.09. The highest BCUT2D eigenvalue weighted by Crippen LogP contribution is 2.28. The molecule has 0 aliphatic carbocycles. The molecule has 0 fully saturated rings. The number of aryl methyl sites for hydroxylation is 1. The van der Waals surface area contributed by atoms with Crippen LogP contribution in [0.25, 0.3) is 10.9 Å². The average molecular weight is 253 g/mol. The van der Waals surface area contributed by atoms with Crippen molar-refractivity contribution in [3.8, 4) is 0 Å². The van der Waals surface area contributed by atoms with Crippen molar-refractivity contribution < 1.29 is 9.90 Å². The average Bonchev–Trinajstić information content (AvgIpc) is 2.53. The zero-order valence-electron chi connectivity index (χ0n) is 9.35. The van der Waals surface area contributed by atoms with Gasteiger partial charge in [0.15, 0.2) is 0 Å². The zero-order chi connectivity index (χ0) is 12.6. The van der Waals surface area contributed by atoms with E-state index in [1.54, 1.807) is 0 Å². The smallest absolute Gasteiger partial charge is 0.305 e. The van der Waals surface area contributed by atoms with Crippen molar-refractivity contribution in [3.63, 3.8) is 0 Å². The van der Waals surface area contributed by atoms with Crippen LogP contribution in [0.4, 0.5) is 0 Å². The summed E-state index contributed by atoms with van der Waals surface area (Å²) in [7, 11) is 1.91. The maximum Gasteiger partial charge on any atom is 0.305 e. The van der Waals surface area contributed by atoms with Gasteiger partial charge in [-0.05, 0) is 17.7 Å². The number of fused-ring (bicyclic) bond motifs is 1. The van der Waals surface area contributed by atoms with Gasteiger partial charge in [-0.25, -0.2) is 0 Å². The highest BCUT2D eigenvalue weighted by Gasteiger charge is 2.13. The van der Waals surface area contributed by atoms with Crippen LogP contribution in [0.15, 0.2) is 24.4 Å². The second-order valence-electron chi connectivity index (χ2n) is 4.07. The van der Waals surface area contributed by atoms with Crippen LogP contribution in [0.5, 0.6) is 0 Å². The molecular formula is C12H13ClN2O2. The van der Waals surface area contributed by atoms with Crippen LogP contribution in [0.3, 0.4) is 0 Å². The summed E-state index contributed by atoms with van der Waals surface area (Å²) >= 11 is 6.08. The van der Waals surface area contributed by atoms with E-state index >= 15 is 0 Å². The van der Waals surface area contributed by atoms with Gasteiger partial charge in [-0.1, -0.05) is 17.7 Å². The molecule has 0 radical (unpaired) electrons. The number of aromatic nitrogens is 1. The van der Waals surface area contributed by atoms with Crippen molar-refractivity contribution in [2.75, 3.05) is 0 Å². The van der Waals surface area contributed by atoms with Gasteiger partial charge in [-0.2, -0.15) is 0 Å². The number of hydrogen-bond acceptors (Lipinski definition) is 2. The maximum atomic E-state index is 10.6. The van der Waals surface area contributed by atoms with Gasteiger partial charge < -0.3 is 15.4 Å². The standard InChI is InChI=1S/C12H13ClN2O2/c1-15-6-9(13)8-4-7(2-3-11(8)15)10(14)5-12(16)17/h2-4,6,10H,5,14H2,1H3,(H,16,17). The third kappa shape index (κ3) is 2.28. The lowest BCUT2D eigenvalue weighted by atomic mass is 10.0. The molecule has 0 aliphatic heterocycles. The first kappa shape index (κ1) is 12.0. The molecule has 0 saturated heterocycles. The molecule has 1 aromatic heterocycles. The van der Waals surface area contributed by atoms with Gasteiger partial charge in [-0.15, -0.1) is 0 Å². The lowest BCUT2D eigenvalue weighted by Crippen LogP contribution is -2.14. The summed E-state index contributed by atoms with van der Waals surface area (Å²) in [5.41, 5.74) is 7.60. The fraction of sp³-hybridized carbons (Fsp3) is 0.250. The number of halogens is 1. The van der Waals surface area contributed by atoms with E-state index in [0.29, 0.717) is 5.02 Å². The minimum Gasteiger partial charge on any atom is -0.481 e. The second kappa shape index (κ2) is 4.39. The summed E-state index contributed by atoms with van der Waals surface area (Å²) in [6.45, 7) is 0. The van der Waals surface area contributed by atoms with Crippen LogP contribution in [-0.2, 0) is 11.8 Å². The quantitative estimate of drug-likeness (QED) is 0.881. The van der Waals surface area contributed by atoms with Crippen molar-refractivity contribution in [2.45, 2.75) is 12.5 Å². The van der Waals surface area contributed by atoms with Crippen molar-refractivity contribution >= 4 is 28.5 Å². The van der Waals surface area contributed by atoms with E-state index in [1.165, 1.54) is 0 Å². The Morgan fingerprint density at radius 1 is 1.59 bits per heavy atom. The predicted octanol–water partition coefficient (Wildman–Crippen LogP) is 2.31. The van der Waals surface area contributed by atoms with E-state index in [4.69, 9.17) is 22.4 Å². The van der Waals surface area contributed by atoms with Crippen LogP contribution in [-0.4, -0.2) is 15.6 Å². The number of nitrogens with zero attached hydrogens (tertiary/aromatic N) is 1. The SMILES string of the molecule is Cn1cc(Cl)c2cc(C(N)CC(=O)O)ccc21. The summed E-state index contributed by atoms with van der Waals surface area (Å²) in [5, 5.41) is 10.2. The molecule has 2 aromatic rings. The molecule has 0 bridgehead atoms. The summed E-state index contributed by atoms with van der Waals surface area (Å²) in [6.07, 6.45) is 1.73. The molecule has 1 heterocycles. The summed E-state index contributed by atoms with van der Waals surface area (Å²) in [4.78, 5) is 10.6. The van der Waals surface area contributed by atoms with Crippen molar-refractivity contribution in [2.24, 2.45) is 12.8 Å². The fourth-order valence-corrected chi connectivity index (χ4v) is 2.20. The van der Waals surface area contributed by atoms with Crippen LogP contribution < -0.4 is 5.73 Å². The molecule has 0 saturated carbocycles. The number of carbonyl (C=O) groups is 1. The van der Waals surface area contributed by atoms with E-state index in [-0.39, 0.29) is 6.42 Å². The molecule has 0 amide bonds. The highest BCUT2D eigenvalue weighted by atomic mass is 35.5. The Balaban J connectivity index is 2.44. The zero-order valence-corrected chi connectivity index (χ0v) is 10.1. The molecule has 2 rings (SSSR count). The summed E-state index contributed by atoms with van der Waals surface area (Å²) < 4.78 is 1.92. The maximum absolute atomic E-state index is 10.6. The molecule has 4 nitrogen and oxygen atoms in total. The Hall–Kier alpha value is -1.52. The third-order valence-corrected chi connectivity index (χ3v) is 3.09. The Morgan fingerprint density at radius 3 is 2.94 bits per heavy atom. The number of carboxylic acids is 1. The van der Waals surface area contributed by atoms with E-state index in [2.05, 4.69) is 0 Å². The Kier molecular flexibility index (Phi) is 3.09. The molecule has 0 spiro atoms. The fourth-order valence-electron chi connectivity index (χ4n) is 1.90. The van der Waals surface area contributed by atoms with E-state index in [9.17, 15) is 4.79 Å². The molecule has 3 N–H and O–H groups in total. The van der Waals surface area contributed by atoms with Crippen molar-refractivity contribution in [1.29, 1.82) is 0 Å². The largest absolute Gasteiger partial charge is 0.481 e. The van der Waals surface area contributed by atoms with Crippen LogP contribution in [0.1, 0.15) is 18.0 Å². The van der Waals surface area contributed by atoms with Crippen LogP contribution >= 0.6 is 11.6 Å². The van der Waals surface area contributed by atoms with Crippen LogP contribution in [0, 0.1) is 0 Å². The normalized spacial score (nSPS) is 12.9. The molecule has 1 unspecified atom stereocenters. The summed E-state index contributed by atoms with van der Waals surface area (Å²) in [6, 6.07) is 5.09. The highest BCUT2D eigenvalue weighted by molar-refractivity contribution is 6.35. The predicted molar refractivity (Wildman–Crippen MR) is 67.1 cm³/mol. The number of rotatable bonds is 3.